The van der Waals surface area contributed by atoms with Gasteiger partial charge < -0.3 is 9.47 Å². The number of hydrogen-bond donors (Lipinski definition) is 1. The molecular formula is C24H22Cl2N2O3. The molecule has 1 N–H and O–H groups in total. The number of ether oxygens (including phenoxy) is 2. The fraction of sp³-hybridized carbons (Fsp3) is 0.167. The van der Waals surface area contributed by atoms with E-state index < -0.39 is 0 Å². The molecule has 0 heterocycles. The maximum atomic E-state index is 12.0. The van der Waals surface area contributed by atoms with E-state index in [4.69, 9.17) is 32.7 Å². The number of amides is 1. The molecule has 1 amide bonds. The van der Waals surface area contributed by atoms with Crippen molar-refractivity contribution < 1.29 is 14.3 Å². The molecule has 0 radical (unpaired) electrons. The van der Waals surface area contributed by atoms with Crippen LogP contribution in [0, 0.1) is 0 Å². The quantitative estimate of drug-likeness (QED) is 0.333. The van der Waals surface area contributed by atoms with Gasteiger partial charge in [-0.05, 0) is 72.1 Å². The van der Waals surface area contributed by atoms with Crippen molar-refractivity contribution >= 4 is 35.3 Å². The second-order valence-corrected chi connectivity index (χ2v) is 7.47. The van der Waals surface area contributed by atoms with Crippen LogP contribution in [0.15, 0.2) is 71.8 Å². The van der Waals surface area contributed by atoms with E-state index in [1.165, 1.54) is 0 Å². The average Bonchev–Trinajstić information content (AvgIpc) is 2.77. The number of hydrazone groups is 1. The summed E-state index contributed by atoms with van der Waals surface area (Å²) in [6.07, 6.45) is 1.82. The first-order valence-electron chi connectivity index (χ1n) is 9.74. The highest BCUT2D eigenvalue weighted by Gasteiger charge is 2.03. The first kappa shape index (κ1) is 22.7. The largest absolute Gasteiger partial charge is 0.494 e. The Hall–Kier alpha value is -3.02. The van der Waals surface area contributed by atoms with Gasteiger partial charge in [0.2, 0.25) is 5.91 Å². The summed E-state index contributed by atoms with van der Waals surface area (Å²) >= 11 is 11.9. The van der Waals surface area contributed by atoms with Crippen molar-refractivity contribution in [2.75, 3.05) is 6.61 Å². The minimum Gasteiger partial charge on any atom is -0.494 e. The number of carbonyl (C=O) groups excluding carboxylic acids is 1. The van der Waals surface area contributed by atoms with Gasteiger partial charge in [0.1, 0.15) is 18.1 Å². The Kier molecular flexibility index (Phi) is 8.33. The minimum absolute atomic E-state index is 0.193. The summed E-state index contributed by atoms with van der Waals surface area (Å²) < 4.78 is 11.1. The van der Waals surface area contributed by atoms with E-state index in [1.54, 1.807) is 18.3 Å². The Bertz CT molecular complexity index is 1040. The summed E-state index contributed by atoms with van der Waals surface area (Å²) in [5, 5.41) is 5.02. The molecule has 0 aromatic heterocycles. The van der Waals surface area contributed by atoms with E-state index in [2.05, 4.69) is 10.5 Å². The van der Waals surface area contributed by atoms with Crippen molar-refractivity contribution in [3.05, 3.63) is 93.5 Å². The fourth-order valence-electron chi connectivity index (χ4n) is 2.72. The molecule has 0 bridgehead atoms. The number of benzene rings is 3. The summed E-state index contributed by atoms with van der Waals surface area (Å²) in [7, 11) is 0. The van der Waals surface area contributed by atoms with Gasteiger partial charge in [0, 0.05) is 0 Å². The second kappa shape index (κ2) is 11.4. The summed E-state index contributed by atoms with van der Waals surface area (Å²) in [6, 6.07) is 20.2. The van der Waals surface area contributed by atoms with Gasteiger partial charge in [-0.3, -0.25) is 4.79 Å². The lowest BCUT2D eigenvalue weighted by atomic mass is 10.1. The van der Waals surface area contributed by atoms with E-state index in [-0.39, 0.29) is 12.3 Å². The SMILES string of the molecule is CCOc1ccc(CC(=O)N/N=C\c2ccc(OCc3ccc(Cl)c(Cl)c3)cc2)cc1. The molecule has 0 fully saturated rings. The van der Waals surface area contributed by atoms with Crippen LogP contribution >= 0.6 is 23.2 Å². The van der Waals surface area contributed by atoms with Crippen LogP contribution in [0.4, 0.5) is 0 Å². The standard InChI is InChI=1S/C24H22Cl2N2O3/c1-2-30-20-8-3-17(4-9-20)14-24(29)28-27-15-18-5-10-21(11-6-18)31-16-19-7-12-22(25)23(26)13-19/h3-13,15H,2,14,16H2,1H3,(H,28,29)/b27-15-. The first-order chi connectivity index (χ1) is 15.0. The normalized spacial score (nSPS) is 10.8. The van der Waals surface area contributed by atoms with E-state index >= 15 is 0 Å². The van der Waals surface area contributed by atoms with Crippen LogP contribution < -0.4 is 14.9 Å². The summed E-state index contributed by atoms with van der Waals surface area (Å²) in [5.41, 5.74) is 5.19. The molecule has 0 saturated heterocycles. The summed E-state index contributed by atoms with van der Waals surface area (Å²) in [6.45, 7) is 2.92. The van der Waals surface area contributed by atoms with Crippen molar-refractivity contribution in [2.45, 2.75) is 20.0 Å². The molecule has 0 atom stereocenters. The zero-order valence-corrected chi connectivity index (χ0v) is 18.5. The number of hydrogen-bond acceptors (Lipinski definition) is 4. The van der Waals surface area contributed by atoms with Gasteiger partial charge in [-0.1, -0.05) is 41.4 Å². The van der Waals surface area contributed by atoms with Crippen molar-refractivity contribution in [1.29, 1.82) is 0 Å². The van der Waals surface area contributed by atoms with Crippen LogP contribution in [0.1, 0.15) is 23.6 Å². The molecule has 31 heavy (non-hydrogen) atoms. The van der Waals surface area contributed by atoms with Gasteiger partial charge in [-0.25, -0.2) is 5.43 Å². The van der Waals surface area contributed by atoms with Crippen molar-refractivity contribution in [2.24, 2.45) is 5.10 Å². The van der Waals surface area contributed by atoms with E-state index in [0.29, 0.717) is 29.0 Å². The second-order valence-electron chi connectivity index (χ2n) is 6.65. The zero-order chi connectivity index (χ0) is 22.1. The van der Waals surface area contributed by atoms with E-state index in [9.17, 15) is 4.79 Å². The number of nitrogens with one attached hydrogen (secondary N) is 1. The molecule has 160 valence electrons. The monoisotopic (exact) mass is 456 g/mol. The Morgan fingerprint density at radius 2 is 1.55 bits per heavy atom. The Labute approximate surface area is 191 Å². The molecule has 0 unspecified atom stereocenters. The molecule has 3 rings (SSSR count). The van der Waals surface area contributed by atoms with Crippen molar-refractivity contribution in [1.82, 2.24) is 5.43 Å². The maximum Gasteiger partial charge on any atom is 0.244 e. The van der Waals surface area contributed by atoms with E-state index in [1.807, 2.05) is 61.5 Å². The minimum atomic E-state index is -0.193. The number of carbonyl (C=O) groups is 1. The van der Waals surface area contributed by atoms with Crippen molar-refractivity contribution in [3.8, 4) is 11.5 Å². The van der Waals surface area contributed by atoms with Gasteiger partial charge in [-0.2, -0.15) is 5.10 Å². The lowest BCUT2D eigenvalue weighted by Gasteiger charge is -2.07. The molecule has 7 heteroatoms. The van der Waals surface area contributed by atoms with Gasteiger partial charge >= 0.3 is 0 Å². The first-order valence-corrected chi connectivity index (χ1v) is 10.5. The highest BCUT2D eigenvalue weighted by molar-refractivity contribution is 6.42. The molecule has 0 aliphatic carbocycles. The predicted molar refractivity (Wildman–Crippen MR) is 124 cm³/mol. The molecule has 0 spiro atoms. The third-order valence-corrected chi connectivity index (χ3v) is 5.01. The average molecular weight is 457 g/mol. The van der Waals surface area contributed by atoms with Crippen LogP contribution in [0.2, 0.25) is 10.0 Å². The van der Waals surface area contributed by atoms with Crippen LogP contribution in [-0.4, -0.2) is 18.7 Å². The molecule has 0 saturated carbocycles. The molecule has 5 nitrogen and oxygen atoms in total. The van der Waals surface area contributed by atoms with Gasteiger partial charge in [0.15, 0.2) is 0 Å². The van der Waals surface area contributed by atoms with Gasteiger partial charge in [0.25, 0.3) is 0 Å². The number of rotatable bonds is 9. The molecule has 3 aromatic rings. The van der Waals surface area contributed by atoms with Crippen LogP contribution in [0.3, 0.4) is 0 Å². The molecule has 0 aliphatic heterocycles. The number of nitrogens with zero attached hydrogens (tertiary/aromatic N) is 1. The lowest BCUT2D eigenvalue weighted by Crippen LogP contribution is -2.19. The third kappa shape index (κ3) is 7.31. The predicted octanol–water partition coefficient (Wildman–Crippen LogP) is 5.66. The molecule has 3 aromatic carbocycles. The maximum absolute atomic E-state index is 12.0. The summed E-state index contributed by atoms with van der Waals surface area (Å²) in [5.74, 6) is 1.30. The fourth-order valence-corrected chi connectivity index (χ4v) is 3.04. The van der Waals surface area contributed by atoms with Crippen LogP contribution in [0.5, 0.6) is 11.5 Å². The Morgan fingerprint density at radius 3 is 2.23 bits per heavy atom. The topological polar surface area (TPSA) is 59.9 Å². The Morgan fingerprint density at radius 1 is 0.903 bits per heavy atom. The number of halogens is 2. The van der Waals surface area contributed by atoms with Gasteiger partial charge in [0.05, 0.1) is 29.3 Å². The van der Waals surface area contributed by atoms with E-state index in [0.717, 1.165) is 22.4 Å². The Balaban J connectivity index is 1.45. The van der Waals surface area contributed by atoms with Crippen LogP contribution in [-0.2, 0) is 17.8 Å². The van der Waals surface area contributed by atoms with Crippen LogP contribution in [0.25, 0.3) is 0 Å². The molecular weight excluding hydrogens is 435 g/mol. The highest BCUT2D eigenvalue weighted by atomic mass is 35.5. The third-order valence-electron chi connectivity index (χ3n) is 4.27. The smallest absolute Gasteiger partial charge is 0.244 e. The van der Waals surface area contributed by atoms with Gasteiger partial charge in [-0.15, -0.1) is 0 Å². The lowest BCUT2D eigenvalue weighted by molar-refractivity contribution is -0.120. The summed E-state index contributed by atoms with van der Waals surface area (Å²) in [4.78, 5) is 12.0. The van der Waals surface area contributed by atoms with Crippen molar-refractivity contribution in [3.63, 3.8) is 0 Å². The highest BCUT2D eigenvalue weighted by Crippen LogP contribution is 2.23. The zero-order valence-electron chi connectivity index (χ0n) is 17.0. The molecule has 0 aliphatic rings.